The van der Waals surface area contributed by atoms with Gasteiger partial charge in [0.2, 0.25) is 0 Å². The number of para-hydroxylation sites is 1. The van der Waals surface area contributed by atoms with Crippen molar-refractivity contribution >= 4 is 22.6 Å². The Balaban J connectivity index is 1.68. The Labute approximate surface area is 117 Å². The number of nitrogens with two attached hydrogens (primary N) is 1. The molecule has 1 aromatic carbocycles. The largest absolute Gasteiger partial charge is 0.458 e. The summed E-state index contributed by atoms with van der Waals surface area (Å²) in [5, 5.41) is 1.73. The first-order chi connectivity index (χ1) is 9.22. The first-order valence-electron chi connectivity index (χ1n) is 7.16. The van der Waals surface area contributed by atoms with Gasteiger partial charge in [-0.1, -0.05) is 30.2 Å². The van der Waals surface area contributed by atoms with Crippen molar-refractivity contribution in [3.05, 3.63) is 35.0 Å². The van der Waals surface area contributed by atoms with Crippen LogP contribution in [0.5, 0.6) is 0 Å². The van der Waals surface area contributed by atoms with Crippen LogP contribution in [0.25, 0.3) is 11.0 Å². The lowest BCUT2D eigenvalue weighted by molar-refractivity contribution is 0.263. The summed E-state index contributed by atoms with van der Waals surface area (Å²) in [7, 11) is 0. The molecule has 1 heterocycles. The first kappa shape index (κ1) is 11.8. The molecule has 2 fully saturated rings. The fourth-order valence-electron chi connectivity index (χ4n) is 4.16. The highest BCUT2D eigenvalue weighted by molar-refractivity contribution is 6.34. The Kier molecular flexibility index (Phi) is 2.64. The lowest BCUT2D eigenvalue weighted by atomic mass is 9.83. The Hall–Kier alpha value is -0.990. The molecule has 0 radical (unpaired) electrons. The second-order valence-electron chi connectivity index (χ2n) is 6.17. The average molecular weight is 276 g/mol. The number of hydrogen-bond donors (Lipinski definition) is 1. The van der Waals surface area contributed by atoms with Gasteiger partial charge in [-0.3, -0.25) is 0 Å². The summed E-state index contributed by atoms with van der Waals surface area (Å²) in [4.78, 5) is 0. The molecule has 2 aliphatic carbocycles. The molecule has 4 atom stereocenters. The molecule has 4 rings (SSSR count). The van der Waals surface area contributed by atoms with Crippen molar-refractivity contribution in [2.45, 2.75) is 31.7 Å². The van der Waals surface area contributed by atoms with Gasteiger partial charge in [0, 0.05) is 5.39 Å². The van der Waals surface area contributed by atoms with Crippen molar-refractivity contribution in [1.82, 2.24) is 0 Å². The zero-order valence-corrected chi connectivity index (χ0v) is 11.6. The van der Waals surface area contributed by atoms with Crippen LogP contribution in [0.15, 0.2) is 28.7 Å². The maximum Gasteiger partial charge on any atom is 0.152 e. The molecule has 19 heavy (non-hydrogen) atoms. The van der Waals surface area contributed by atoms with E-state index in [0.29, 0.717) is 10.9 Å². The molecule has 2 aromatic rings. The summed E-state index contributed by atoms with van der Waals surface area (Å²) >= 11 is 6.16. The van der Waals surface area contributed by atoms with Crippen molar-refractivity contribution in [2.24, 2.45) is 23.5 Å². The van der Waals surface area contributed by atoms with Gasteiger partial charge in [0.25, 0.3) is 0 Å². The monoisotopic (exact) mass is 275 g/mol. The third kappa shape index (κ3) is 1.81. The summed E-state index contributed by atoms with van der Waals surface area (Å²) in [6.45, 7) is 0. The highest BCUT2D eigenvalue weighted by atomic mass is 35.5. The minimum atomic E-state index is 0.0266. The van der Waals surface area contributed by atoms with E-state index in [0.717, 1.165) is 28.6 Å². The van der Waals surface area contributed by atoms with E-state index in [9.17, 15) is 0 Å². The van der Waals surface area contributed by atoms with E-state index >= 15 is 0 Å². The molecule has 0 spiro atoms. The number of rotatable bonds is 2. The summed E-state index contributed by atoms with van der Waals surface area (Å²) in [5.74, 6) is 3.22. The van der Waals surface area contributed by atoms with Crippen molar-refractivity contribution in [3.8, 4) is 0 Å². The van der Waals surface area contributed by atoms with Crippen molar-refractivity contribution in [1.29, 1.82) is 0 Å². The van der Waals surface area contributed by atoms with Crippen molar-refractivity contribution in [3.63, 3.8) is 0 Å². The zero-order chi connectivity index (χ0) is 13.0. The molecule has 0 aliphatic heterocycles. The van der Waals surface area contributed by atoms with Crippen molar-refractivity contribution < 1.29 is 4.42 Å². The fraction of sp³-hybridized carbons (Fsp3) is 0.500. The first-order valence-corrected chi connectivity index (χ1v) is 7.53. The molecule has 4 unspecified atom stereocenters. The molecular formula is C16H18ClNO. The summed E-state index contributed by atoms with van der Waals surface area (Å²) < 4.78 is 5.92. The van der Waals surface area contributed by atoms with Crippen LogP contribution in [0.4, 0.5) is 0 Å². The Morgan fingerprint density at radius 1 is 1.26 bits per heavy atom. The van der Waals surface area contributed by atoms with Crippen LogP contribution in [-0.2, 0) is 0 Å². The van der Waals surface area contributed by atoms with Gasteiger partial charge in [-0.2, -0.15) is 0 Å². The van der Waals surface area contributed by atoms with E-state index in [1.165, 1.54) is 25.7 Å². The second-order valence-corrected chi connectivity index (χ2v) is 6.58. The van der Waals surface area contributed by atoms with Crippen LogP contribution in [0.1, 0.15) is 37.5 Å². The number of benzene rings is 1. The van der Waals surface area contributed by atoms with Gasteiger partial charge in [-0.15, -0.1) is 0 Å². The van der Waals surface area contributed by atoms with Gasteiger partial charge in [-0.05, 0) is 49.1 Å². The van der Waals surface area contributed by atoms with Gasteiger partial charge in [0.05, 0.1) is 11.1 Å². The van der Waals surface area contributed by atoms with Gasteiger partial charge >= 0.3 is 0 Å². The molecule has 1 aromatic heterocycles. The van der Waals surface area contributed by atoms with E-state index in [4.69, 9.17) is 21.8 Å². The van der Waals surface area contributed by atoms with Crippen LogP contribution in [0, 0.1) is 17.8 Å². The number of furan rings is 1. The van der Waals surface area contributed by atoms with E-state index in [1.54, 1.807) is 0 Å². The molecule has 100 valence electrons. The van der Waals surface area contributed by atoms with Crippen LogP contribution in [0.3, 0.4) is 0 Å². The number of fused-ring (bicyclic) bond motifs is 3. The summed E-state index contributed by atoms with van der Waals surface area (Å²) in [5.41, 5.74) is 7.24. The highest BCUT2D eigenvalue weighted by Gasteiger charge is 2.43. The predicted molar refractivity (Wildman–Crippen MR) is 77.1 cm³/mol. The third-order valence-electron chi connectivity index (χ3n) is 5.10. The fourth-order valence-corrected chi connectivity index (χ4v) is 4.38. The predicted octanol–water partition coefficient (Wildman–Crippen LogP) is 4.52. The van der Waals surface area contributed by atoms with Gasteiger partial charge in [-0.25, -0.2) is 0 Å². The standard InChI is InChI=1S/C16H18ClNO/c17-13-3-1-2-11-8-14(19-16(11)13)15(18)12-7-9-4-5-10(12)6-9/h1-3,8-10,12,15H,4-7,18H2. The SMILES string of the molecule is NC(c1cc2cccc(Cl)c2o1)C1CC2CCC1C2. The van der Waals surface area contributed by atoms with Gasteiger partial charge in [0.15, 0.2) is 5.58 Å². The van der Waals surface area contributed by atoms with E-state index < -0.39 is 0 Å². The maximum atomic E-state index is 6.46. The van der Waals surface area contributed by atoms with E-state index in [1.807, 2.05) is 18.2 Å². The van der Waals surface area contributed by atoms with Crippen LogP contribution < -0.4 is 5.73 Å². The lowest BCUT2D eigenvalue weighted by Crippen LogP contribution is -2.25. The summed E-state index contributed by atoms with van der Waals surface area (Å²) in [6.07, 6.45) is 5.40. The molecule has 2 aliphatic rings. The van der Waals surface area contributed by atoms with Crippen LogP contribution in [0.2, 0.25) is 5.02 Å². The molecule has 2 saturated carbocycles. The smallest absolute Gasteiger partial charge is 0.152 e. The normalized spacial score (nSPS) is 31.2. The molecule has 2 bridgehead atoms. The Morgan fingerprint density at radius 3 is 2.84 bits per heavy atom. The molecule has 2 N–H and O–H groups in total. The van der Waals surface area contributed by atoms with Crippen LogP contribution in [-0.4, -0.2) is 0 Å². The minimum Gasteiger partial charge on any atom is -0.458 e. The second kappa shape index (κ2) is 4.26. The molecule has 3 heteroatoms. The molecular weight excluding hydrogens is 258 g/mol. The number of hydrogen-bond acceptors (Lipinski definition) is 2. The number of halogens is 1. The van der Waals surface area contributed by atoms with Gasteiger partial charge in [0.1, 0.15) is 5.76 Å². The summed E-state index contributed by atoms with van der Waals surface area (Å²) in [6, 6.07) is 7.94. The third-order valence-corrected chi connectivity index (χ3v) is 5.40. The molecule has 0 saturated heterocycles. The molecule has 2 nitrogen and oxygen atoms in total. The lowest BCUT2D eigenvalue weighted by Gasteiger charge is -2.26. The Morgan fingerprint density at radius 2 is 2.16 bits per heavy atom. The zero-order valence-electron chi connectivity index (χ0n) is 10.8. The average Bonchev–Trinajstić information content (AvgIpc) is 3.12. The van der Waals surface area contributed by atoms with Crippen LogP contribution >= 0.6 is 11.6 Å². The minimum absolute atomic E-state index is 0.0266. The molecule has 0 amide bonds. The Bertz CT molecular complexity index is 620. The quantitative estimate of drug-likeness (QED) is 0.875. The van der Waals surface area contributed by atoms with Crippen molar-refractivity contribution in [2.75, 3.05) is 0 Å². The maximum absolute atomic E-state index is 6.46. The topological polar surface area (TPSA) is 39.2 Å². The highest BCUT2D eigenvalue weighted by Crippen LogP contribution is 2.52. The van der Waals surface area contributed by atoms with Gasteiger partial charge < -0.3 is 10.2 Å². The van der Waals surface area contributed by atoms with E-state index in [-0.39, 0.29) is 6.04 Å². The van der Waals surface area contributed by atoms with E-state index in [2.05, 4.69) is 6.07 Å².